The molecule has 2 aromatic carbocycles. The van der Waals surface area contributed by atoms with Gasteiger partial charge in [-0.2, -0.15) is 13.2 Å². The first-order valence-corrected chi connectivity index (χ1v) is 8.43. The van der Waals surface area contributed by atoms with Crippen LogP contribution in [0.4, 0.5) is 18.9 Å². The molecular weight excluding hydrogens is 345 g/mol. The Kier molecular flexibility index (Phi) is 4.90. The Morgan fingerprint density at radius 1 is 1.08 bits per heavy atom. The maximum Gasteiger partial charge on any atom is 0.416 e. The van der Waals surface area contributed by atoms with E-state index in [0.717, 1.165) is 23.4 Å². The molecule has 25 heavy (non-hydrogen) atoms. The Morgan fingerprint density at radius 2 is 1.84 bits per heavy atom. The molecule has 0 atom stereocenters. The van der Waals surface area contributed by atoms with Crippen molar-refractivity contribution in [2.75, 3.05) is 0 Å². The van der Waals surface area contributed by atoms with Crippen LogP contribution < -0.4 is 4.80 Å². The van der Waals surface area contributed by atoms with Gasteiger partial charge in [0.2, 0.25) is 0 Å². The predicted octanol–water partition coefficient (Wildman–Crippen LogP) is 5.65. The zero-order valence-electron chi connectivity index (χ0n) is 13.2. The summed E-state index contributed by atoms with van der Waals surface area (Å²) in [6.07, 6.45) is -2.64. The lowest BCUT2D eigenvalue weighted by Crippen LogP contribution is -2.14. The molecule has 0 radical (unpaired) electrons. The summed E-state index contributed by atoms with van der Waals surface area (Å²) in [7, 11) is 0. The summed E-state index contributed by atoms with van der Waals surface area (Å²) in [4.78, 5) is 5.04. The van der Waals surface area contributed by atoms with E-state index < -0.39 is 11.7 Å². The fraction of sp³-hybridized carbons (Fsp3) is 0.105. The highest BCUT2D eigenvalue weighted by Gasteiger charge is 2.30. The van der Waals surface area contributed by atoms with Crippen LogP contribution in [0.3, 0.4) is 0 Å². The quantitative estimate of drug-likeness (QED) is 0.535. The molecular formula is C19H15F3N2S. The van der Waals surface area contributed by atoms with Gasteiger partial charge in [-0.05, 0) is 23.8 Å². The number of alkyl halides is 3. The lowest BCUT2D eigenvalue weighted by Gasteiger charge is -2.07. The fourth-order valence-corrected chi connectivity index (χ4v) is 3.36. The van der Waals surface area contributed by atoms with Crippen molar-refractivity contribution in [3.05, 3.63) is 83.0 Å². The number of hydrogen-bond acceptors (Lipinski definition) is 2. The largest absolute Gasteiger partial charge is 0.416 e. The fourth-order valence-electron chi connectivity index (χ4n) is 2.43. The van der Waals surface area contributed by atoms with Gasteiger partial charge in [-0.15, -0.1) is 17.9 Å². The summed E-state index contributed by atoms with van der Waals surface area (Å²) in [5.74, 6) is 0. The minimum Gasteiger partial charge on any atom is -0.313 e. The number of hydrogen-bond donors (Lipinski definition) is 0. The van der Waals surface area contributed by atoms with E-state index in [1.165, 1.54) is 17.4 Å². The number of benzene rings is 2. The first-order valence-electron chi connectivity index (χ1n) is 7.55. The summed E-state index contributed by atoms with van der Waals surface area (Å²) in [6, 6.07) is 14.8. The third kappa shape index (κ3) is 3.91. The predicted molar refractivity (Wildman–Crippen MR) is 94.6 cm³/mol. The van der Waals surface area contributed by atoms with Crippen molar-refractivity contribution in [3.63, 3.8) is 0 Å². The van der Waals surface area contributed by atoms with E-state index in [4.69, 9.17) is 0 Å². The van der Waals surface area contributed by atoms with Crippen LogP contribution in [-0.2, 0) is 12.7 Å². The lowest BCUT2D eigenvalue weighted by atomic mass is 10.2. The monoisotopic (exact) mass is 360 g/mol. The minimum absolute atomic E-state index is 0.272. The SMILES string of the molecule is C=CCn1c(-c2ccccc2)csc1=Nc1cccc(C(F)(F)F)c1. The highest BCUT2D eigenvalue weighted by molar-refractivity contribution is 7.07. The standard InChI is InChI=1S/C19H15F3N2S/c1-2-11-24-17(14-7-4-3-5-8-14)13-25-18(24)23-16-10-6-9-15(12-16)19(20,21)22/h2-10,12-13H,1,11H2. The van der Waals surface area contributed by atoms with Gasteiger partial charge < -0.3 is 4.57 Å². The maximum absolute atomic E-state index is 12.9. The Labute approximate surface area is 147 Å². The summed E-state index contributed by atoms with van der Waals surface area (Å²) in [5, 5.41) is 1.95. The van der Waals surface area contributed by atoms with E-state index in [9.17, 15) is 13.2 Å². The third-order valence-corrected chi connectivity index (χ3v) is 4.44. The van der Waals surface area contributed by atoms with E-state index >= 15 is 0 Å². The van der Waals surface area contributed by atoms with Crippen LogP contribution in [-0.4, -0.2) is 4.57 Å². The number of thiazole rings is 1. The maximum atomic E-state index is 12.9. The van der Waals surface area contributed by atoms with Crippen molar-refractivity contribution in [1.82, 2.24) is 4.57 Å². The molecule has 0 saturated carbocycles. The summed E-state index contributed by atoms with van der Waals surface area (Å²) in [5.41, 5.74) is 1.54. The highest BCUT2D eigenvalue weighted by atomic mass is 32.1. The number of halogens is 3. The molecule has 0 aliphatic carbocycles. The normalized spacial score (nSPS) is 12.4. The van der Waals surface area contributed by atoms with Crippen molar-refractivity contribution in [2.24, 2.45) is 4.99 Å². The molecule has 0 saturated heterocycles. The molecule has 3 aromatic rings. The summed E-state index contributed by atoms with van der Waals surface area (Å²) >= 11 is 1.39. The van der Waals surface area contributed by atoms with Crippen molar-refractivity contribution < 1.29 is 13.2 Å². The molecule has 3 rings (SSSR count). The van der Waals surface area contributed by atoms with E-state index in [1.807, 2.05) is 40.3 Å². The minimum atomic E-state index is -4.38. The smallest absolute Gasteiger partial charge is 0.313 e. The molecule has 6 heteroatoms. The van der Waals surface area contributed by atoms with Crippen molar-refractivity contribution in [2.45, 2.75) is 12.7 Å². The van der Waals surface area contributed by atoms with Gasteiger partial charge in [0.05, 0.1) is 16.9 Å². The Hall–Kier alpha value is -2.60. The number of rotatable bonds is 4. The number of nitrogens with zero attached hydrogens (tertiary/aromatic N) is 2. The van der Waals surface area contributed by atoms with Crippen LogP contribution in [0.25, 0.3) is 11.3 Å². The third-order valence-electron chi connectivity index (χ3n) is 3.58. The summed E-state index contributed by atoms with van der Waals surface area (Å²) in [6.45, 7) is 4.28. The van der Waals surface area contributed by atoms with Gasteiger partial charge in [0.15, 0.2) is 4.80 Å². The Bertz CT molecular complexity index is 937. The van der Waals surface area contributed by atoms with Gasteiger partial charge in [0.1, 0.15) is 0 Å². The molecule has 0 amide bonds. The van der Waals surface area contributed by atoms with Crippen LogP contribution in [0.1, 0.15) is 5.56 Å². The molecule has 1 aromatic heterocycles. The Morgan fingerprint density at radius 3 is 2.52 bits per heavy atom. The van der Waals surface area contributed by atoms with E-state index in [-0.39, 0.29) is 5.69 Å². The molecule has 0 spiro atoms. The molecule has 0 aliphatic heterocycles. The average Bonchev–Trinajstić information content (AvgIpc) is 2.98. The van der Waals surface area contributed by atoms with E-state index in [0.29, 0.717) is 11.3 Å². The van der Waals surface area contributed by atoms with Gasteiger partial charge in [-0.3, -0.25) is 0 Å². The van der Waals surface area contributed by atoms with Crippen LogP contribution in [0, 0.1) is 0 Å². The molecule has 128 valence electrons. The lowest BCUT2D eigenvalue weighted by molar-refractivity contribution is -0.137. The van der Waals surface area contributed by atoms with E-state index in [1.54, 1.807) is 12.1 Å². The Balaban J connectivity index is 2.10. The molecule has 0 unspecified atom stereocenters. The highest BCUT2D eigenvalue weighted by Crippen LogP contribution is 2.31. The average molecular weight is 360 g/mol. The van der Waals surface area contributed by atoms with Gasteiger partial charge >= 0.3 is 6.18 Å². The van der Waals surface area contributed by atoms with Crippen molar-refractivity contribution in [3.8, 4) is 11.3 Å². The van der Waals surface area contributed by atoms with Gasteiger partial charge in [0.25, 0.3) is 0 Å². The molecule has 0 fully saturated rings. The molecule has 0 N–H and O–H groups in total. The first kappa shape index (κ1) is 17.2. The summed E-state index contributed by atoms with van der Waals surface area (Å²) < 4.78 is 40.6. The van der Waals surface area contributed by atoms with E-state index in [2.05, 4.69) is 11.6 Å². The zero-order chi connectivity index (χ0) is 17.9. The van der Waals surface area contributed by atoms with Crippen LogP contribution >= 0.6 is 11.3 Å². The van der Waals surface area contributed by atoms with Crippen molar-refractivity contribution in [1.29, 1.82) is 0 Å². The van der Waals surface area contributed by atoms with Crippen LogP contribution in [0.2, 0.25) is 0 Å². The molecule has 1 heterocycles. The molecule has 2 nitrogen and oxygen atoms in total. The molecule has 0 bridgehead atoms. The van der Waals surface area contributed by atoms with Crippen molar-refractivity contribution >= 4 is 17.0 Å². The second-order valence-corrected chi connectivity index (χ2v) is 6.17. The number of allylic oxidation sites excluding steroid dienone is 1. The van der Waals surface area contributed by atoms with Crippen LogP contribution in [0.15, 0.2) is 77.6 Å². The van der Waals surface area contributed by atoms with Gasteiger partial charge in [-0.25, -0.2) is 4.99 Å². The van der Waals surface area contributed by atoms with Gasteiger partial charge in [-0.1, -0.05) is 42.5 Å². The van der Waals surface area contributed by atoms with Gasteiger partial charge in [0, 0.05) is 11.9 Å². The van der Waals surface area contributed by atoms with Crippen LogP contribution in [0.5, 0.6) is 0 Å². The number of aromatic nitrogens is 1. The molecule has 0 aliphatic rings. The zero-order valence-corrected chi connectivity index (χ0v) is 14.0. The topological polar surface area (TPSA) is 17.3 Å². The first-order chi connectivity index (χ1) is 12.0. The second-order valence-electron chi connectivity index (χ2n) is 5.33. The second kappa shape index (κ2) is 7.11.